The highest BCUT2D eigenvalue weighted by Gasteiger charge is 2.09. The molecule has 1 atom stereocenters. The van der Waals surface area contributed by atoms with Crippen LogP contribution in [0.1, 0.15) is 12.5 Å². The van der Waals surface area contributed by atoms with Crippen LogP contribution in [0.2, 0.25) is 0 Å². The smallest absolute Gasteiger partial charge is 0.0701 e. The molecule has 1 aromatic heterocycles. The molecular formula is C16H24N2O2. The first-order valence-corrected chi connectivity index (χ1v) is 7.11. The van der Waals surface area contributed by atoms with Crippen LogP contribution < -0.4 is 5.73 Å². The number of para-hydroxylation sites is 1. The molecule has 0 aliphatic rings. The van der Waals surface area contributed by atoms with Crippen molar-refractivity contribution in [3.05, 3.63) is 36.0 Å². The number of aromatic nitrogens is 1. The van der Waals surface area contributed by atoms with Gasteiger partial charge in [-0.05, 0) is 25.0 Å². The molecule has 2 N–H and O–H groups in total. The quantitative estimate of drug-likeness (QED) is 0.752. The van der Waals surface area contributed by atoms with Crippen LogP contribution in [0.3, 0.4) is 0 Å². The highest BCUT2D eigenvalue weighted by atomic mass is 16.5. The molecule has 2 aromatic rings. The topological polar surface area (TPSA) is 49.4 Å². The van der Waals surface area contributed by atoms with Crippen LogP contribution in [-0.4, -0.2) is 37.5 Å². The average Bonchev–Trinajstić information content (AvgIpc) is 2.77. The predicted molar refractivity (Wildman–Crippen MR) is 82.0 cm³/mol. The lowest BCUT2D eigenvalue weighted by Crippen LogP contribution is -2.17. The van der Waals surface area contributed by atoms with Gasteiger partial charge in [0.05, 0.1) is 19.8 Å². The number of rotatable bonds is 8. The van der Waals surface area contributed by atoms with Gasteiger partial charge < -0.3 is 19.8 Å². The van der Waals surface area contributed by atoms with E-state index in [9.17, 15) is 0 Å². The number of benzene rings is 1. The molecule has 2 rings (SSSR count). The van der Waals surface area contributed by atoms with Crippen LogP contribution in [0.5, 0.6) is 0 Å². The summed E-state index contributed by atoms with van der Waals surface area (Å²) in [5.74, 6) is 0. The summed E-state index contributed by atoms with van der Waals surface area (Å²) >= 11 is 0. The molecule has 0 aliphatic carbocycles. The largest absolute Gasteiger partial charge is 0.382 e. The first-order valence-electron chi connectivity index (χ1n) is 7.11. The van der Waals surface area contributed by atoms with E-state index in [1.54, 1.807) is 7.11 Å². The van der Waals surface area contributed by atoms with Crippen LogP contribution in [-0.2, 0) is 22.4 Å². The molecule has 0 saturated heterocycles. The molecule has 1 aromatic carbocycles. The van der Waals surface area contributed by atoms with Crippen molar-refractivity contribution in [3.63, 3.8) is 0 Å². The van der Waals surface area contributed by atoms with E-state index in [0.29, 0.717) is 19.8 Å². The number of nitrogens with zero attached hydrogens (tertiary/aromatic N) is 1. The van der Waals surface area contributed by atoms with Gasteiger partial charge in [-0.2, -0.15) is 0 Å². The lowest BCUT2D eigenvalue weighted by molar-refractivity contribution is 0.0670. The Morgan fingerprint density at radius 2 is 2.00 bits per heavy atom. The molecule has 0 bridgehead atoms. The second-order valence-electron chi connectivity index (χ2n) is 5.15. The Kier molecular flexibility index (Phi) is 5.59. The maximum Gasteiger partial charge on any atom is 0.0701 e. The van der Waals surface area contributed by atoms with E-state index in [4.69, 9.17) is 15.2 Å². The van der Waals surface area contributed by atoms with Crippen LogP contribution in [0.15, 0.2) is 30.5 Å². The van der Waals surface area contributed by atoms with E-state index >= 15 is 0 Å². The van der Waals surface area contributed by atoms with E-state index < -0.39 is 0 Å². The minimum absolute atomic E-state index is 0.173. The monoisotopic (exact) mass is 276 g/mol. The summed E-state index contributed by atoms with van der Waals surface area (Å²) in [7, 11) is 1.68. The fourth-order valence-electron chi connectivity index (χ4n) is 2.42. The zero-order valence-electron chi connectivity index (χ0n) is 12.3. The van der Waals surface area contributed by atoms with Gasteiger partial charge >= 0.3 is 0 Å². The fraction of sp³-hybridized carbons (Fsp3) is 0.500. The summed E-state index contributed by atoms with van der Waals surface area (Å²) in [4.78, 5) is 0. The first-order chi connectivity index (χ1) is 9.72. The van der Waals surface area contributed by atoms with Gasteiger partial charge in [-0.1, -0.05) is 18.2 Å². The van der Waals surface area contributed by atoms with Gasteiger partial charge in [-0.3, -0.25) is 0 Å². The second kappa shape index (κ2) is 7.43. The Labute approximate surface area is 120 Å². The minimum atomic E-state index is 0.173. The maximum absolute atomic E-state index is 5.93. The number of methoxy groups -OCH3 is 1. The zero-order chi connectivity index (χ0) is 14.4. The molecule has 20 heavy (non-hydrogen) atoms. The molecule has 4 nitrogen and oxygen atoms in total. The minimum Gasteiger partial charge on any atom is -0.382 e. The van der Waals surface area contributed by atoms with Crippen LogP contribution in [0.25, 0.3) is 10.9 Å². The number of fused-ring (bicyclic) bond motifs is 1. The molecule has 4 heteroatoms. The lowest BCUT2D eigenvalue weighted by Gasteiger charge is -2.06. The Hall–Kier alpha value is -1.36. The molecule has 110 valence electrons. The highest BCUT2D eigenvalue weighted by molar-refractivity contribution is 5.84. The summed E-state index contributed by atoms with van der Waals surface area (Å²) in [6, 6.07) is 8.63. The van der Waals surface area contributed by atoms with Gasteiger partial charge in [0.15, 0.2) is 0 Å². The normalized spacial score (nSPS) is 12.9. The van der Waals surface area contributed by atoms with E-state index in [-0.39, 0.29) is 6.04 Å². The van der Waals surface area contributed by atoms with Crippen molar-refractivity contribution in [1.29, 1.82) is 0 Å². The molecule has 0 saturated carbocycles. The van der Waals surface area contributed by atoms with Crippen LogP contribution >= 0.6 is 0 Å². The highest BCUT2D eigenvalue weighted by Crippen LogP contribution is 2.22. The number of nitrogens with two attached hydrogens (primary N) is 1. The fourth-order valence-corrected chi connectivity index (χ4v) is 2.42. The molecule has 1 unspecified atom stereocenters. The van der Waals surface area contributed by atoms with Gasteiger partial charge in [0.2, 0.25) is 0 Å². The van der Waals surface area contributed by atoms with Gasteiger partial charge in [-0.15, -0.1) is 0 Å². The van der Waals surface area contributed by atoms with E-state index in [0.717, 1.165) is 13.0 Å². The third-order valence-electron chi connectivity index (χ3n) is 3.32. The standard InChI is InChI=1S/C16H24N2O2/c1-13(17)11-14-12-18(7-8-20-10-9-19-2)16-6-4-3-5-15(14)16/h3-6,12-13H,7-11,17H2,1-2H3. The molecule has 0 fully saturated rings. The van der Waals surface area contributed by atoms with E-state index in [2.05, 4.69) is 35.0 Å². The van der Waals surface area contributed by atoms with Crippen molar-refractivity contribution >= 4 is 10.9 Å². The summed E-state index contributed by atoms with van der Waals surface area (Å²) in [5.41, 5.74) is 8.49. The SMILES string of the molecule is COCCOCCn1cc(CC(C)N)c2ccccc21. The molecule has 0 radical (unpaired) electrons. The third-order valence-corrected chi connectivity index (χ3v) is 3.32. The zero-order valence-corrected chi connectivity index (χ0v) is 12.3. The number of hydrogen-bond donors (Lipinski definition) is 1. The molecule has 0 spiro atoms. The van der Waals surface area contributed by atoms with E-state index in [1.807, 2.05) is 6.92 Å². The van der Waals surface area contributed by atoms with Crippen LogP contribution in [0, 0.1) is 0 Å². The molecule has 0 amide bonds. The number of ether oxygens (including phenoxy) is 2. The Bertz CT molecular complexity index is 534. The summed E-state index contributed by atoms with van der Waals surface area (Å²) in [5, 5.41) is 1.29. The average molecular weight is 276 g/mol. The summed E-state index contributed by atoms with van der Waals surface area (Å²) in [6.45, 7) is 4.87. The summed E-state index contributed by atoms with van der Waals surface area (Å²) < 4.78 is 12.8. The van der Waals surface area contributed by atoms with Crippen molar-refractivity contribution < 1.29 is 9.47 Å². The van der Waals surface area contributed by atoms with Crippen LogP contribution in [0.4, 0.5) is 0 Å². The Balaban J connectivity index is 2.08. The second-order valence-corrected chi connectivity index (χ2v) is 5.15. The van der Waals surface area contributed by atoms with Crippen molar-refractivity contribution in [2.24, 2.45) is 5.73 Å². The van der Waals surface area contributed by atoms with Crippen molar-refractivity contribution in [2.75, 3.05) is 26.9 Å². The first kappa shape index (κ1) is 15.0. The van der Waals surface area contributed by atoms with Gasteiger partial charge in [0.1, 0.15) is 0 Å². The number of hydrogen-bond acceptors (Lipinski definition) is 3. The lowest BCUT2D eigenvalue weighted by atomic mass is 10.1. The molecule has 0 aliphatic heterocycles. The molecule has 1 heterocycles. The van der Waals surface area contributed by atoms with Gasteiger partial charge in [0, 0.05) is 36.8 Å². The molecular weight excluding hydrogens is 252 g/mol. The Morgan fingerprint density at radius 3 is 2.75 bits per heavy atom. The van der Waals surface area contributed by atoms with Gasteiger partial charge in [0.25, 0.3) is 0 Å². The third kappa shape index (κ3) is 3.82. The predicted octanol–water partition coefficient (Wildman–Crippen LogP) is 2.19. The van der Waals surface area contributed by atoms with Crippen molar-refractivity contribution in [3.8, 4) is 0 Å². The van der Waals surface area contributed by atoms with Crippen molar-refractivity contribution in [1.82, 2.24) is 4.57 Å². The van der Waals surface area contributed by atoms with E-state index in [1.165, 1.54) is 16.5 Å². The van der Waals surface area contributed by atoms with Gasteiger partial charge in [-0.25, -0.2) is 0 Å². The maximum atomic E-state index is 5.93. The summed E-state index contributed by atoms with van der Waals surface area (Å²) in [6.07, 6.45) is 3.10. The van der Waals surface area contributed by atoms with Crippen molar-refractivity contribution in [2.45, 2.75) is 25.9 Å². The Morgan fingerprint density at radius 1 is 1.20 bits per heavy atom.